The molecule has 28 heavy (non-hydrogen) atoms. The predicted octanol–water partition coefficient (Wildman–Crippen LogP) is 4.14. The highest BCUT2D eigenvalue weighted by Gasteiger charge is 2.25. The van der Waals surface area contributed by atoms with Crippen LogP contribution in [0.5, 0.6) is 0 Å². The van der Waals surface area contributed by atoms with E-state index in [1.54, 1.807) is 12.1 Å². The van der Waals surface area contributed by atoms with E-state index < -0.39 is 0 Å². The highest BCUT2D eigenvalue weighted by molar-refractivity contribution is 7.13. The van der Waals surface area contributed by atoms with Crippen molar-refractivity contribution in [1.29, 1.82) is 0 Å². The molecule has 3 rings (SSSR count). The fourth-order valence-corrected chi connectivity index (χ4v) is 3.81. The first-order chi connectivity index (χ1) is 13.6. The van der Waals surface area contributed by atoms with E-state index in [-0.39, 0.29) is 12.3 Å². The molecule has 1 aromatic carbocycles. The number of amides is 2. The number of thiazole rings is 1. The number of nitrogens with zero attached hydrogens (tertiary/aromatic N) is 2. The van der Waals surface area contributed by atoms with Crippen molar-refractivity contribution in [2.75, 3.05) is 38.2 Å². The summed E-state index contributed by atoms with van der Waals surface area (Å²) in [7, 11) is 0. The first-order valence-electron chi connectivity index (χ1n) is 8.94. The van der Waals surface area contributed by atoms with Gasteiger partial charge in [0.15, 0.2) is 11.4 Å². The van der Waals surface area contributed by atoms with Crippen molar-refractivity contribution < 1.29 is 14.3 Å². The van der Waals surface area contributed by atoms with Crippen LogP contribution >= 0.6 is 34.5 Å². The Bertz CT molecular complexity index is 799. The number of halogens is 2. The van der Waals surface area contributed by atoms with E-state index in [4.69, 9.17) is 32.7 Å². The van der Waals surface area contributed by atoms with Gasteiger partial charge < -0.3 is 14.8 Å². The first kappa shape index (κ1) is 21.3. The summed E-state index contributed by atoms with van der Waals surface area (Å²) in [5.74, 6) is 0. The van der Waals surface area contributed by atoms with Gasteiger partial charge in [-0.05, 0) is 24.6 Å². The summed E-state index contributed by atoms with van der Waals surface area (Å²) in [5, 5.41) is 8.89. The summed E-state index contributed by atoms with van der Waals surface area (Å²) in [4.78, 5) is 18.9. The third kappa shape index (κ3) is 5.79. The monoisotopic (exact) mass is 444 g/mol. The number of anilines is 1. The zero-order chi connectivity index (χ0) is 19.9. The van der Waals surface area contributed by atoms with Crippen LogP contribution in [0.4, 0.5) is 9.93 Å². The number of ether oxygens (including phenoxy) is 2. The minimum atomic E-state index is -0.341. The lowest BCUT2D eigenvalue weighted by molar-refractivity contribution is -0.0974. The summed E-state index contributed by atoms with van der Waals surface area (Å²) in [6, 6.07) is 4.89. The minimum Gasteiger partial charge on any atom is -0.379 e. The van der Waals surface area contributed by atoms with Gasteiger partial charge in [-0.3, -0.25) is 10.2 Å². The maximum atomic E-state index is 12.2. The van der Waals surface area contributed by atoms with Crippen molar-refractivity contribution >= 4 is 45.7 Å². The molecule has 0 aliphatic carbocycles. The maximum Gasteiger partial charge on any atom is 0.321 e. The SMILES string of the molecule is CCOC(c1csc(NC(=O)NCc2ccc(Cl)c(Cl)c2)n1)N1CCOCC1. The van der Waals surface area contributed by atoms with Crippen LogP contribution in [0, 0.1) is 0 Å². The summed E-state index contributed by atoms with van der Waals surface area (Å²) < 4.78 is 11.3. The number of carbonyl (C=O) groups is 1. The zero-order valence-corrected chi connectivity index (χ0v) is 17.7. The van der Waals surface area contributed by atoms with Gasteiger partial charge in [-0.25, -0.2) is 9.78 Å². The van der Waals surface area contributed by atoms with E-state index in [0.717, 1.165) is 24.3 Å². The van der Waals surface area contributed by atoms with Crippen LogP contribution < -0.4 is 10.6 Å². The van der Waals surface area contributed by atoms with Crippen molar-refractivity contribution in [3.05, 3.63) is 44.9 Å². The minimum absolute atomic E-state index is 0.236. The molecule has 1 fully saturated rings. The second-order valence-electron chi connectivity index (χ2n) is 6.09. The number of nitrogens with one attached hydrogen (secondary N) is 2. The van der Waals surface area contributed by atoms with Crippen molar-refractivity contribution in [3.8, 4) is 0 Å². The van der Waals surface area contributed by atoms with Crippen molar-refractivity contribution in [2.45, 2.75) is 19.7 Å². The Morgan fingerprint density at radius 2 is 2.14 bits per heavy atom. The van der Waals surface area contributed by atoms with Gasteiger partial charge in [0.1, 0.15) is 0 Å². The van der Waals surface area contributed by atoms with E-state index in [1.165, 1.54) is 11.3 Å². The van der Waals surface area contributed by atoms with Gasteiger partial charge in [-0.1, -0.05) is 29.3 Å². The number of aromatic nitrogens is 1. The number of hydrogen-bond acceptors (Lipinski definition) is 6. The summed E-state index contributed by atoms with van der Waals surface area (Å²) >= 11 is 13.2. The molecule has 0 spiro atoms. The fourth-order valence-electron chi connectivity index (χ4n) is 2.78. The van der Waals surface area contributed by atoms with E-state index in [1.807, 2.05) is 18.4 Å². The third-order valence-corrected chi connectivity index (χ3v) is 5.65. The summed E-state index contributed by atoms with van der Waals surface area (Å²) in [5.41, 5.74) is 1.64. The second kappa shape index (κ2) is 10.4. The van der Waals surface area contributed by atoms with E-state index >= 15 is 0 Å². The molecule has 1 saturated heterocycles. The average molecular weight is 445 g/mol. The molecule has 0 saturated carbocycles. The number of carbonyl (C=O) groups excluding carboxylic acids is 1. The Kier molecular flexibility index (Phi) is 7.90. The molecule has 10 heteroatoms. The standard InChI is InChI=1S/C18H22Cl2N4O3S/c1-2-27-16(24-5-7-26-8-6-24)15-11-28-18(22-15)23-17(25)21-10-12-3-4-13(19)14(20)9-12/h3-4,9,11,16H,2,5-8,10H2,1H3,(H2,21,22,23,25). The topological polar surface area (TPSA) is 75.7 Å². The van der Waals surface area contributed by atoms with Gasteiger partial charge in [-0.2, -0.15) is 0 Å². The summed E-state index contributed by atoms with van der Waals surface area (Å²) in [6.07, 6.45) is -0.236. The molecule has 1 aliphatic heterocycles. The molecular formula is C18H22Cl2N4O3S. The number of benzene rings is 1. The Hall–Kier alpha value is -1.42. The number of rotatable bonds is 7. The van der Waals surface area contributed by atoms with E-state index in [0.29, 0.717) is 41.5 Å². The smallest absolute Gasteiger partial charge is 0.321 e. The fraction of sp³-hybridized carbons (Fsp3) is 0.444. The van der Waals surface area contributed by atoms with Gasteiger partial charge in [0.2, 0.25) is 0 Å². The van der Waals surface area contributed by atoms with Gasteiger partial charge >= 0.3 is 6.03 Å². The lowest BCUT2D eigenvalue weighted by Gasteiger charge is -2.33. The highest BCUT2D eigenvalue weighted by atomic mass is 35.5. The molecule has 152 valence electrons. The number of morpholine rings is 1. The van der Waals surface area contributed by atoms with E-state index in [2.05, 4.69) is 20.5 Å². The second-order valence-corrected chi connectivity index (χ2v) is 7.76. The molecular weight excluding hydrogens is 423 g/mol. The molecule has 2 N–H and O–H groups in total. The lowest BCUT2D eigenvalue weighted by atomic mass is 10.2. The van der Waals surface area contributed by atoms with Crippen molar-refractivity contribution in [3.63, 3.8) is 0 Å². The number of urea groups is 1. The number of hydrogen-bond donors (Lipinski definition) is 2. The molecule has 0 bridgehead atoms. The van der Waals surface area contributed by atoms with Crippen LogP contribution in [0.2, 0.25) is 10.0 Å². The predicted molar refractivity (Wildman–Crippen MR) is 111 cm³/mol. The zero-order valence-electron chi connectivity index (χ0n) is 15.4. The van der Waals surface area contributed by atoms with Crippen LogP contribution in [0.25, 0.3) is 0 Å². The summed E-state index contributed by atoms with van der Waals surface area (Å²) in [6.45, 7) is 5.79. The largest absolute Gasteiger partial charge is 0.379 e. The Balaban J connectivity index is 1.56. The lowest BCUT2D eigenvalue weighted by Crippen LogP contribution is -2.40. The van der Waals surface area contributed by atoms with Crippen LogP contribution in [0.3, 0.4) is 0 Å². The van der Waals surface area contributed by atoms with Crippen LogP contribution in [0.1, 0.15) is 24.4 Å². The van der Waals surface area contributed by atoms with Gasteiger partial charge in [0.25, 0.3) is 0 Å². The van der Waals surface area contributed by atoms with Gasteiger partial charge in [-0.15, -0.1) is 11.3 Å². The molecule has 1 unspecified atom stereocenters. The Morgan fingerprint density at radius 1 is 1.36 bits per heavy atom. The van der Waals surface area contributed by atoms with Crippen LogP contribution in [0.15, 0.2) is 23.6 Å². The normalized spacial score (nSPS) is 16.0. The quantitative estimate of drug-likeness (QED) is 0.670. The third-order valence-electron chi connectivity index (χ3n) is 4.13. The Labute approximate surface area is 177 Å². The maximum absolute atomic E-state index is 12.2. The molecule has 2 heterocycles. The molecule has 2 aromatic rings. The molecule has 1 aromatic heterocycles. The van der Waals surface area contributed by atoms with Crippen molar-refractivity contribution in [1.82, 2.24) is 15.2 Å². The molecule has 7 nitrogen and oxygen atoms in total. The molecule has 1 aliphatic rings. The molecule has 0 radical (unpaired) electrons. The first-order valence-corrected chi connectivity index (χ1v) is 10.6. The van der Waals surface area contributed by atoms with Crippen molar-refractivity contribution in [2.24, 2.45) is 0 Å². The van der Waals surface area contributed by atoms with Gasteiger partial charge in [0, 0.05) is 31.6 Å². The Morgan fingerprint density at radius 3 is 2.86 bits per heavy atom. The molecule has 2 amide bonds. The average Bonchev–Trinajstić information content (AvgIpc) is 3.15. The van der Waals surface area contributed by atoms with Gasteiger partial charge in [0.05, 0.1) is 29.0 Å². The highest BCUT2D eigenvalue weighted by Crippen LogP contribution is 2.27. The van der Waals surface area contributed by atoms with E-state index in [9.17, 15) is 4.79 Å². The van der Waals surface area contributed by atoms with Crippen LogP contribution in [-0.4, -0.2) is 48.8 Å². The van der Waals surface area contributed by atoms with Crippen LogP contribution in [-0.2, 0) is 16.0 Å². The molecule has 1 atom stereocenters.